The molecular formula is C19H27NO3. The van der Waals surface area contributed by atoms with Crippen LogP contribution in [0.25, 0.3) is 0 Å². The van der Waals surface area contributed by atoms with Crippen molar-refractivity contribution < 1.29 is 14.7 Å². The largest absolute Gasteiger partial charge is 0.481 e. The van der Waals surface area contributed by atoms with E-state index in [-0.39, 0.29) is 12.3 Å². The number of carboxylic acids is 1. The summed E-state index contributed by atoms with van der Waals surface area (Å²) in [7, 11) is 0. The van der Waals surface area contributed by atoms with Crippen LogP contribution in [0.1, 0.15) is 63.4 Å². The lowest BCUT2D eigenvalue weighted by Gasteiger charge is -2.34. The molecule has 1 saturated carbocycles. The van der Waals surface area contributed by atoms with Crippen molar-refractivity contribution in [3.8, 4) is 0 Å². The van der Waals surface area contributed by atoms with Crippen molar-refractivity contribution >= 4 is 11.9 Å². The first kappa shape index (κ1) is 17.5. The summed E-state index contributed by atoms with van der Waals surface area (Å²) in [6.45, 7) is 0.670. The van der Waals surface area contributed by atoms with Crippen LogP contribution in [0.15, 0.2) is 30.3 Å². The molecule has 1 aliphatic rings. The van der Waals surface area contributed by atoms with E-state index >= 15 is 0 Å². The molecule has 1 N–H and O–H groups in total. The van der Waals surface area contributed by atoms with E-state index in [1.165, 1.54) is 19.3 Å². The highest BCUT2D eigenvalue weighted by molar-refractivity contribution is 5.76. The molecule has 0 spiro atoms. The first-order valence-corrected chi connectivity index (χ1v) is 8.72. The minimum absolute atomic E-state index is 0.148. The number of nitrogens with zero attached hydrogens (tertiary/aromatic N) is 1. The summed E-state index contributed by atoms with van der Waals surface area (Å²) < 4.78 is 0. The number of carbonyl (C=O) groups is 2. The molecular weight excluding hydrogens is 290 g/mol. The molecule has 0 bridgehead atoms. The molecule has 0 atom stereocenters. The molecule has 126 valence electrons. The smallest absolute Gasteiger partial charge is 0.303 e. The molecule has 0 heterocycles. The number of benzene rings is 1. The molecule has 1 aliphatic carbocycles. The van der Waals surface area contributed by atoms with E-state index in [4.69, 9.17) is 5.11 Å². The Hall–Kier alpha value is -1.84. The van der Waals surface area contributed by atoms with E-state index in [9.17, 15) is 9.59 Å². The first-order chi connectivity index (χ1) is 11.2. The normalized spacial score (nSPS) is 15.3. The summed E-state index contributed by atoms with van der Waals surface area (Å²) >= 11 is 0. The Morgan fingerprint density at radius 2 is 1.65 bits per heavy atom. The highest BCUT2D eigenvalue weighted by Gasteiger charge is 2.25. The molecule has 0 aliphatic heterocycles. The molecule has 0 radical (unpaired) electrons. The number of hydrogen-bond acceptors (Lipinski definition) is 2. The Balaban J connectivity index is 1.94. The van der Waals surface area contributed by atoms with Crippen molar-refractivity contribution in [2.75, 3.05) is 0 Å². The average Bonchev–Trinajstić information content (AvgIpc) is 2.58. The standard InChI is InChI=1S/C19H27NO3/c21-18(13-7-8-14-19(22)23)20(17-11-5-2-6-12-17)15-16-9-3-1-4-10-16/h1,3-4,9-10,17H,2,5-8,11-15H2,(H,22,23). The van der Waals surface area contributed by atoms with Gasteiger partial charge < -0.3 is 10.0 Å². The van der Waals surface area contributed by atoms with Gasteiger partial charge in [0.05, 0.1) is 0 Å². The summed E-state index contributed by atoms with van der Waals surface area (Å²) in [5, 5.41) is 8.69. The van der Waals surface area contributed by atoms with Crippen LogP contribution < -0.4 is 0 Å². The zero-order valence-electron chi connectivity index (χ0n) is 13.7. The molecule has 0 aromatic heterocycles. The number of hydrogen-bond donors (Lipinski definition) is 1. The molecule has 1 fully saturated rings. The predicted octanol–water partition coefficient (Wildman–Crippen LogP) is 3.99. The van der Waals surface area contributed by atoms with Crippen LogP contribution in [0.5, 0.6) is 0 Å². The fraction of sp³-hybridized carbons (Fsp3) is 0.579. The van der Waals surface area contributed by atoms with E-state index in [1.807, 2.05) is 23.1 Å². The molecule has 1 amide bonds. The number of rotatable bonds is 8. The fourth-order valence-electron chi connectivity index (χ4n) is 3.29. The van der Waals surface area contributed by atoms with Crippen LogP contribution in [0.3, 0.4) is 0 Å². The molecule has 4 heteroatoms. The maximum Gasteiger partial charge on any atom is 0.303 e. The Labute approximate surface area is 138 Å². The molecule has 1 aromatic rings. The number of carbonyl (C=O) groups excluding carboxylic acids is 1. The second kappa shape index (κ2) is 9.33. The molecule has 4 nitrogen and oxygen atoms in total. The minimum atomic E-state index is -0.786. The van der Waals surface area contributed by atoms with Crippen molar-refractivity contribution in [2.24, 2.45) is 0 Å². The zero-order valence-corrected chi connectivity index (χ0v) is 13.7. The third-order valence-corrected chi connectivity index (χ3v) is 4.56. The monoisotopic (exact) mass is 317 g/mol. The van der Waals surface area contributed by atoms with Gasteiger partial charge in [-0.2, -0.15) is 0 Å². The van der Waals surface area contributed by atoms with E-state index < -0.39 is 5.97 Å². The Morgan fingerprint density at radius 3 is 2.30 bits per heavy atom. The molecule has 0 saturated heterocycles. The summed E-state index contributed by atoms with van der Waals surface area (Å²) in [5.74, 6) is -0.614. The van der Waals surface area contributed by atoms with E-state index in [2.05, 4.69) is 12.1 Å². The van der Waals surface area contributed by atoms with Gasteiger partial charge in [-0.15, -0.1) is 0 Å². The average molecular weight is 317 g/mol. The van der Waals surface area contributed by atoms with Crippen LogP contribution in [-0.2, 0) is 16.1 Å². The lowest BCUT2D eigenvalue weighted by atomic mass is 9.93. The number of carboxylic acid groups (broad SMARTS) is 1. The number of aliphatic carboxylic acids is 1. The van der Waals surface area contributed by atoms with Gasteiger partial charge in [-0.25, -0.2) is 0 Å². The molecule has 1 aromatic carbocycles. The molecule has 23 heavy (non-hydrogen) atoms. The third kappa shape index (κ3) is 6.05. The predicted molar refractivity (Wildman–Crippen MR) is 90.0 cm³/mol. The van der Waals surface area contributed by atoms with Crippen molar-refractivity contribution in [1.82, 2.24) is 4.90 Å². The van der Waals surface area contributed by atoms with Crippen LogP contribution in [0, 0.1) is 0 Å². The highest BCUT2D eigenvalue weighted by atomic mass is 16.4. The van der Waals surface area contributed by atoms with Gasteiger partial charge in [-0.05, 0) is 31.2 Å². The summed E-state index contributed by atoms with van der Waals surface area (Å²) in [5.41, 5.74) is 1.16. The van der Waals surface area contributed by atoms with E-state index in [1.54, 1.807) is 0 Å². The van der Waals surface area contributed by atoms with Gasteiger partial charge in [0.2, 0.25) is 5.91 Å². The number of amides is 1. The summed E-state index contributed by atoms with van der Waals surface area (Å²) in [6, 6.07) is 10.5. The topological polar surface area (TPSA) is 57.6 Å². The molecule has 0 unspecified atom stereocenters. The quantitative estimate of drug-likeness (QED) is 0.737. The second-order valence-electron chi connectivity index (χ2n) is 6.40. The van der Waals surface area contributed by atoms with E-state index in [0.717, 1.165) is 18.4 Å². The van der Waals surface area contributed by atoms with Gasteiger partial charge in [0.1, 0.15) is 0 Å². The second-order valence-corrected chi connectivity index (χ2v) is 6.40. The SMILES string of the molecule is O=C(O)CCCCC(=O)N(Cc1ccccc1)C1CCCCC1. The van der Waals surface area contributed by atoms with Gasteiger partial charge in [0.15, 0.2) is 0 Å². The van der Waals surface area contributed by atoms with Crippen molar-refractivity contribution in [2.45, 2.75) is 70.4 Å². The lowest BCUT2D eigenvalue weighted by molar-refractivity contribution is -0.138. The van der Waals surface area contributed by atoms with Gasteiger partial charge in [0, 0.05) is 25.4 Å². The van der Waals surface area contributed by atoms with Crippen LogP contribution in [-0.4, -0.2) is 27.9 Å². The Morgan fingerprint density at radius 1 is 1.00 bits per heavy atom. The van der Waals surface area contributed by atoms with Crippen LogP contribution >= 0.6 is 0 Å². The summed E-state index contributed by atoms with van der Waals surface area (Å²) in [6.07, 6.45) is 7.68. The maximum absolute atomic E-state index is 12.7. The minimum Gasteiger partial charge on any atom is -0.481 e. The summed E-state index contributed by atoms with van der Waals surface area (Å²) in [4.78, 5) is 25.3. The highest BCUT2D eigenvalue weighted by Crippen LogP contribution is 2.25. The van der Waals surface area contributed by atoms with Crippen LogP contribution in [0.2, 0.25) is 0 Å². The first-order valence-electron chi connectivity index (χ1n) is 8.72. The zero-order chi connectivity index (χ0) is 16.5. The van der Waals surface area contributed by atoms with Gasteiger partial charge in [-0.3, -0.25) is 9.59 Å². The van der Waals surface area contributed by atoms with Crippen molar-refractivity contribution in [1.29, 1.82) is 0 Å². The van der Waals surface area contributed by atoms with E-state index in [0.29, 0.717) is 31.8 Å². The third-order valence-electron chi connectivity index (χ3n) is 4.56. The molecule has 2 rings (SSSR count). The Bertz CT molecular complexity index is 495. The fourth-order valence-corrected chi connectivity index (χ4v) is 3.29. The van der Waals surface area contributed by atoms with Gasteiger partial charge >= 0.3 is 5.97 Å². The van der Waals surface area contributed by atoms with Gasteiger partial charge in [-0.1, -0.05) is 49.6 Å². The van der Waals surface area contributed by atoms with Crippen molar-refractivity contribution in [3.05, 3.63) is 35.9 Å². The van der Waals surface area contributed by atoms with Crippen LogP contribution in [0.4, 0.5) is 0 Å². The lowest BCUT2D eigenvalue weighted by Crippen LogP contribution is -2.40. The maximum atomic E-state index is 12.7. The Kier molecular flexibility index (Phi) is 7.11. The number of unbranched alkanes of at least 4 members (excludes halogenated alkanes) is 1. The van der Waals surface area contributed by atoms with Gasteiger partial charge in [0.25, 0.3) is 0 Å². The van der Waals surface area contributed by atoms with Crippen molar-refractivity contribution in [3.63, 3.8) is 0 Å².